The summed E-state index contributed by atoms with van der Waals surface area (Å²) in [6, 6.07) is 12.2. The van der Waals surface area contributed by atoms with Crippen LogP contribution in [-0.4, -0.2) is 21.0 Å². The Hall–Kier alpha value is -2.86. The highest BCUT2D eigenvalue weighted by atomic mass is 16.3. The molecular formula is C15H12N4O2. The van der Waals surface area contributed by atoms with Crippen molar-refractivity contribution in [1.82, 2.24) is 15.3 Å². The molecule has 1 aromatic heterocycles. The lowest BCUT2D eigenvalue weighted by molar-refractivity contribution is 0.0477. The SMILES string of the molecule is Nc1nc2ccc(C3(O)NC(=O)c4ccccc43)cc2[nH]1. The molecule has 1 atom stereocenters. The zero-order chi connectivity index (χ0) is 14.6. The maximum atomic E-state index is 12.0. The maximum absolute atomic E-state index is 12.0. The van der Waals surface area contributed by atoms with Crippen molar-refractivity contribution in [2.24, 2.45) is 0 Å². The van der Waals surface area contributed by atoms with E-state index >= 15 is 0 Å². The minimum atomic E-state index is -1.54. The molecule has 1 aliphatic heterocycles. The normalized spacial score (nSPS) is 20.5. The van der Waals surface area contributed by atoms with E-state index in [9.17, 15) is 9.90 Å². The van der Waals surface area contributed by atoms with Gasteiger partial charge in [-0.25, -0.2) is 4.98 Å². The van der Waals surface area contributed by atoms with E-state index in [1.807, 2.05) is 0 Å². The first-order valence-electron chi connectivity index (χ1n) is 6.48. The second-order valence-corrected chi connectivity index (χ2v) is 5.06. The van der Waals surface area contributed by atoms with Gasteiger partial charge in [0.1, 0.15) is 0 Å². The van der Waals surface area contributed by atoms with Gasteiger partial charge >= 0.3 is 0 Å². The van der Waals surface area contributed by atoms with Crippen LogP contribution in [0.1, 0.15) is 21.5 Å². The Morgan fingerprint density at radius 3 is 2.86 bits per heavy atom. The predicted molar refractivity (Wildman–Crippen MR) is 77.4 cm³/mol. The number of hydrogen-bond acceptors (Lipinski definition) is 4. The lowest BCUT2D eigenvalue weighted by Crippen LogP contribution is -2.40. The number of aromatic amines is 1. The van der Waals surface area contributed by atoms with E-state index in [0.717, 1.165) is 0 Å². The summed E-state index contributed by atoms with van der Waals surface area (Å²) < 4.78 is 0. The quantitative estimate of drug-likeness (QED) is 0.535. The standard InChI is InChI=1S/C15H12N4O2/c16-14-17-11-6-5-8(7-12(11)18-14)15(21)10-4-2-1-3-9(10)13(20)19-15/h1-7,21H,(H,19,20)(H3,16,17,18). The van der Waals surface area contributed by atoms with Gasteiger partial charge in [0.05, 0.1) is 11.0 Å². The summed E-state index contributed by atoms with van der Waals surface area (Å²) in [5, 5.41) is 13.6. The number of aromatic nitrogens is 2. The Bertz CT molecular complexity index is 886. The molecule has 6 nitrogen and oxygen atoms in total. The second kappa shape index (κ2) is 3.83. The third-order valence-electron chi connectivity index (χ3n) is 3.77. The van der Waals surface area contributed by atoms with Crippen LogP contribution >= 0.6 is 0 Å². The van der Waals surface area contributed by atoms with E-state index in [1.165, 1.54) is 0 Å². The molecule has 21 heavy (non-hydrogen) atoms. The number of nitrogen functional groups attached to an aromatic ring is 1. The molecule has 0 aliphatic carbocycles. The molecule has 2 aromatic carbocycles. The first-order valence-corrected chi connectivity index (χ1v) is 6.48. The average Bonchev–Trinajstić information content (AvgIpc) is 2.97. The third kappa shape index (κ3) is 1.56. The highest BCUT2D eigenvalue weighted by Crippen LogP contribution is 2.35. The number of nitrogens with one attached hydrogen (secondary N) is 2. The van der Waals surface area contributed by atoms with Crippen molar-refractivity contribution in [2.75, 3.05) is 5.73 Å². The number of rotatable bonds is 1. The molecule has 4 rings (SSSR count). The van der Waals surface area contributed by atoms with Crippen LogP contribution in [0.3, 0.4) is 0 Å². The molecule has 0 saturated heterocycles. The number of nitrogens with two attached hydrogens (primary N) is 1. The zero-order valence-electron chi connectivity index (χ0n) is 10.9. The lowest BCUT2D eigenvalue weighted by atomic mass is 9.94. The van der Waals surface area contributed by atoms with E-state index in [1.54, 1.807) is 42.5 Å². The number of anilines is 1. The number of hydrogen-bond donors (Lipinski definition) is 4. The van der Waals surface area contributed by atoms with Crippen LogP contribution in [0.4, 0.5) is 5.95 Å². The first-order chi connectivity index (χ1) is 10.1. The number of nitrogens with zero attached hydrogens (tertiary/aromatic N) is 1. The van der Waals surface area contributed by atoms with Gasteiger partial charge in [0.15, 0.2) is 11.7 Å². The van der Waals surface area contributed by atoms with E-state index in [2.05, 4.69) is 15.3 Å². The zero-order valence-corrected chi connectivity index (χ0v) is 10.9. The van der Waals surface area contributed by atoms with Gasteiger partial charge in [0.2, 0.25) is 0 Å². The first kappa shape index (κ1) is 11.9. The summed E-state index contributed by atoms with van der Waals surface area (Å²) >= 11 is 0. The molecule has 1 unspecified atom stereocenters. The second-order valence-electron chi connectivity index (χ2n) is 5.06. The topological polar surface area (TPSA) is 104 Å². The molecule has 0 fully saturated rings. The molecular weight excluding hydrogens is 268 g/mol. The van der Waals surface area contributed by atoms with Gasteiger partial charge in [-0.05, 0) is 18.2 Å². The van der Waals surface area contributed by atoms with Crippen LogP contribution in [0.15, 0.2) is 42.5 Å². The summed E-state index contributed by atoms with van der Waals surface area (Å²) in [6.07, 6.45) is 0. The van der Waals surface area contributed by atoms with Crippen molar-refractivity contribution in [3.63, 3.8) is 0 Å². The van der Waals surface area contributed by atoms with E-state index in [0.29, 0.717) is 33.7 Å². The number of H-pyrrole nitrogens is 1. The van der Waals surface area contributed by atoms with E-state index < -0.39 is 5.72 Å². The van der Waals surface area contributed by atoms with Crippen molar-refractivity contribution in [1.29, 1.82) is 0 Å². The van der Waals surface area contributed by atoms with Gasteiger partial charge in [-0.2, -0.15) is 0 Å². The summed E-state index contributed by atoms with van der Waals surface area (Å²) in [4.78, 5) is 19.0. The summed E-state index contributed by atoms with van der Waals surface area (Å²) in [6.45, 7) is 0. The maximum Gasteiger partial charge on any atom is 0.254 e. The van der Waals surface area contributed by atoms with Gasteiger partial charge in [-0.15, -0.1) is 0 Å². The molecule has 0 radical (unpaired) electrons. The highest BCUT2D eigenvalue weighted by Gasteiger charge is 2.42. The average molecular weight is 280 g/mol. The summed E-state index contributed by atoms with van der Waals surface area (Å²) in [5.74, 6) is 0.0160. The third-order valence-corrected chi connectivity index (χ3v) is 3.77. The number of imidazole rings is 1. The van der Waals surface area contributed by atoms with Gasteiger partial charge in [0, 0.05) is 16.7 Å². The molecule has 1 aliphatic rings. The van der Waals surface area contributed by atoms with E-state index in [-0.39, 0.29) is 5.91 Å². The van der Waals surface area contributed by atoms with Crippen molar-refractivity contribution < 1.29 is 9.90 Å². The van der Waals surface area contributed by atoms with Crippen LogP contribution in [0.5, 0.6) is 0 Å². The fourth-order valence-corrected chi connectivity index (χ4v) is 2.78. The Balaban J connectivity index is 1.93. The number of aliphatic hydroxyl groups is 1. The van der Waals surface area contributed by atoms with Crippen LogP contribution in [-0.2, 0) is 5.72 Å². The Labute approximate surface area is 119 Å². The largest absolute Gasteiger partial charge is 0.369 e. The minimum absolute atomic E-state index is 0.294. The lowest BCUT2D eigenvalue weighted by Gasteiger charge is -2.24. The monoisotopic (exact) mass is 280 g/mol. The molecule has 0 bridgehead atoms. The van der Waals surface area contributed by atoms with Gasteiger partial charge in [-0.3, -0.25) is 4.79 Å². The molecule has 1 amide bonds. The molecule has 2 heterocycles. The van der Waals surface area contributed by atoms with Crippen LogP contribution in [0.25, 0.3) is 11.0 Å². The molecule has 5 N–H and O–H groups in total. The smallest absolute Gasteiger partial charge is 0.254 e. The summed E-state index contributed by atoms with van der Waals surface area (Å²) in [5.41, 5.74) is 7.07. The van der Waals surface area contributed by atoms with E-state index in [4.69, 9.17) is 5.73 Å². The number of carbonyl (C=O) groups excluding carboxylic acids is 1. The molecule has 6 heteroatoms. The Morgan fingerprint density at radius 2 is 2.00 bits per heavy atom. The summed E-state index contributed by atoms with van der Waals surface area (Å²) in [7, 11) is 0. The van der Waals surface area contributed by atoms with Crippen LogP contribution < -0.4 is 11.1 Å². The number of amides is 1. The van der Waals surface area contributed by atoms with Gasteiger partial charge in [0.25, 0.3) is 5.91 Å². The van der Waals surface area contributed by atoms with Gasteiger partial charge in [-0.1, -0.05) is 24.3 Å². The molecule has 3 aromatic rings. The molecule has 104 valence electrons. The number of benzene rings is 2. The Morgan fingerprint density at radius 1 is 1.19 bits per heavy atom. The predicted octanol–water partition coefficient (Wildman–Crippen LogP) is 1.08. The fraction of sp³-hybridized carbons (Fsp3) is 0.0667. The minimum Gasteiger partial charge on any atom is -0.369 e. The van der Waals surface area contributed by atoms with Crippen molar-refractivity contribution in [2.45, 2.75) is 5.72 Å². The highest BCUT2D eigenvalue weighted by molar-refractivity contribution is 6.00. The Kier molecular flexibility index (Phi) is 2.18. The number of carbonyl (C=O) groups is 1. The molecule has 0 saturated carbocycles. The van der Waals surface area contributed by atoms with Crippen LogP contribution in [0, 0.1) is 0 Å². The number of fused-ring (bicyclic) bond motifs is 2. The molecule has 0 spiro atoms. The van der Waals surface area contributed by atoms with Crippen molar-refractivity contribution >= 4 is 22.9 Å². The van der Waals surface area contributed by atoms with Crippen LogP contribution in [0.2, 0.25) is 0 Å². The van der Waals surface area contributed by atoms with Crippen molar-refractivity contribution in [3.8, 4) is 0 Å². The van der Waals surface area contributed by atoms with Gasteiger partial charge < -0.3 is 21.1 Å². The fourth-order valence-electron chi connectivity index (χ4n) is 2.78. The van der Waals surface area contributed by atoms with Crippen molar-refractivity contribution in [3.05, 3.63) is 59.2 Å².